The summed E-state index contributed by atoms with van der Waals surface area (Å²) >= 11 is 11.8. The third-order valence-corrected chi connectivity index (χ3v) is 6.15. The van der Waals surface area contributed by atoms with Gasteiger partial charge in [-0.2, -0.15) is 0 Å². The van der Waals surface area contributed by atoms with E-state index < -0.39 is 11.8 Å². The fourth-order valence-electron chi connectivity index (χ4n) is 3.69. The maximum atomic E-state index is 13.3. The van der Waals surface area contributed by atoms with Gasteiger partial charge in [-0.1, -0.05) is 60.1 Å². The third-order valence-electron chi connectivity index (χ3n) is 5.45. The minimum Gasteiger partial charge on any atom is -0.457 e. The van der Waals surface area contributed by atoms with Gasteiger partial charge in [0.15, 0.2) is 5.11 Å². The summed E-state index contributed by atoms with van der Waals surface area (Å²) < 4.78 is 7.55. The zero-order valence-corrected chi connectivity index (χ0v) is 20.4. The first kappa shape index (κ1) is 23.5. The van der Waals surface area contributed by atoms with Crippen LogP contribution in [0, 0.1) is 0 Å². The Hall–Kier alpha value is -4.27. The number of carbonyl (C=O) groups is 2. The smallest absolute Gasteiger partial charge is 0.270 e. The van der Waals surface area contributed by atoms with E-state index in [0.29, 0.717) is 34.6 Å². The van der Waals surface area contributed by atoms with Gasteiger partial charge in [-0.05, 0) is 60.3 Å². The van der Waals surface area contributed by atoms with Crippen LogP contribution in [0.25, 0.3) is 6.08 Å². The van der Waals surface area contributed by atoms with Crippen molar-refractivity contribution < 1.29 is 14.3 Å². The fraction of sp³-hybridized carbons (Fsp3) is 0.0370. The van der Waals surface area contributed by atoms with Crippen LogP contribution in [-0.2, 0) is 16.1 Å². The van der Waals surface area contributed by atoms with Crippen LogP contribution in [0.4, 0.5) is 5.69 Å². The summed E-state index contributed by atoms with van der Waals surface area (Å²) in [5.74, 6) is 0.0971. The predicted octanol–water partition coefficient (Wildman–Crippen LogP) is 5.21. The van der Waals surface area contributed by atoms with Gasteiger partial charge in [-0.3, -0.25) is 19.8 Å². The molecule has 1 N–H and O–H groups in total. The highest BCUT2D eigenvalue weighted by molar-refractivity contribution is 7.80. The van der Waals surface area contributed by atoms with E-state index >= 15 is 0 Å². The number of ether oxygens (including phenoxy) is 1. The quantitative estimate of drug-likeness (QED) is 0.217. The summed E-state index contributed by atoms with van der Waals surface area (Å²) in [6.45, 7) is 0.504. The third kappa shape index (κ3) is 4.91. The lowest BCUT2D eigenvalue weighted by atomic mass is 10.1. The molecule has 1 aliphatic heterocycles. The fourth-order valence-corrected chi connectivity index (χ4v) is 4.17. The van der Waals surface area contributed by atoms with Gasteiger partial charge in [0.1, 0.15) is 27.9 Å². The maximum Gasteiger partial charge on any atom is 0.270 e. The van der Waals surface area contributed by atoms with E-state index in [1.54, 1.807) is 35.2 Å². The molecule has 1 fully saturated rings. The normalized spacial score (nSPS) is 14.8. The molecule has 4 aromatic rings. The molecule has 1 saturated heterocycles. The number of nitrogens with one attached hydrogen (secondary N) is 1. The molecule has 2 amide bonds. The molecular formula is C27H19ClN4O3S. The molecule has 9 heteroatoms. The van der Waals surface area contributed by atoms with E-state index in [9.17, 15) is 9.59 Å². The van der Waals surface area contributed by atoms with Crippen molar-refractivity contribution in [1.29, 1.82) is 0 Å². The molecule has 0 aliphatic carbocycles. The SMILES string of the molecule is O=C1NC(=S)N(c2ccc(Oc3ccccc3)cc2)C(=O)C1=Cc1ncn(Cc2ccccc2)c1Cl. The van der Waals surface area contributed by atoms with Gasteiger partial charge >= 0.3 is 0 Å². The van der Waals surface area contributed by atoms with Crippen molar-refractivity contribution in [3.8, 4) is 11.5 Å². The number of para-hydroxylation sites is 1. The highest BCUT2D eigenvalue weighted by Gasteiger charge is 2.35. The maximum absolute atomic E-state index is 13.3. The van der Waals surface area contributed by atoms with Crippen LogP contribution in [0.1, 0.15) is 11.3 Å². The molecule has 0 radical (unpaired) electrons. The monoisotopic (exact) mass is 514 g/mol. The lowest BCUT2D eigenvalue weighted by Gasteiger charge is -2.28. The molecule has 1 aromatic heterocycles. The van der Waals surface area contributed by atoms with Crippen molar-refractivity contribution in [2.24, 2.45) is 0 Å². The number of aromatic nitrogens is 2. The number of rotatable bonds is 6. The number of carbonyl (C=O) groups excluding carboxylic acids is 2. The van der Waals surface area contributed by atoms with Crippen LogP contribution in [0.3, 0.4) is 0 Å². The van der Waals surface area contributed by atoms with Gasteiger partial charge in [0.25, 0.3) is 11.8 Å². The molecule has 36 heavy (non-hydrogen) atoms. The van der Waals surface area contributed by atoms with Gasteiger partial charge in [-0.25, -0.2) is 4.98 Å². The van der Waals surface area contributed by atoms with Crippen molar-refractivity contribution in [2.75, 3.05) is 4.90 Å². The number of hydrogen-bond donors (Lipinski definition) is 1. The summed E-state index contributed by atoms with van der Waals surface area (Å²) in [6.07, 6.45) is 2.95. The van der Waals surface area contributed by atoms with Gasteiger partial charge in [-0.15, -0.1) is 0 Å². The molecule has 0 bridgehead atoms. The van der Waals surface area contributed by atoms with E-state index in [1.165, 1.54) is 11.0 Å². The van der Waals surface area contributed by atoms with Crippen LogP contribution in [0.2, 0.25) is 5.15 Å². The van der Waals surface area contributed by atoms with Crippen molar-refractivity contribution in [1.82, 2.24) is 14.9 Å². The van der Waals surface area contributed by atoms with Crippen LogP contribution >= 0.6 is 23.8 Å². The molecule has 5 rings (SSSR count). The number of benzene rings is 3. The molecule has 3 aromatic carbocycles. The summed E-state index contributed by atoms with van der Waals surface area (Å²) in [7, 11) is 0. The average molecular weight is 515 g/mol. The van der Waals surface area contributed by atoms with Gasteiger partial charge < -0.3 is 9.30 Å². The molecule has 0 atom stereocenters. The average Bonchev–Trinajstić information content (AvgIpc) is 3.22. The van der Waals surface area contributed by atoms with Crippen molar-refractivity contribution >= 4 is 52.5 Å². The van der Waals surface area contributed by atoms with E-state index in [2.05, 4.69) is 10.3 Å². The minimum atomic E-state index is -0.612. The number of nitrogens with zero attached hydrogens (tertiary/aromatic N) is 3. The lowest BCUT2D eigenvalue weighted by molar-refractivity contribution is -0.122. The van der Waals surface area contributed by atoms with Crippen LogP contribution in [-0.4, -0.2) is 26.5 Å². The van der Waals surface area contributed by atoms with Crippen LogP contribution in [0.15, 0.2) is 96.8 Å². The second-order valence-corrected chi connectivity index (χ2v) is 8.65. The molecule has 7 nitrogen and oxygen atoms in total. The Bertz CT molecular complexity index is 1470. The molecule has 2 heterocycles. The number of anilines is 1. The molecule has 0 unspecified atom stereocenters. The van der Waals surface area contributed by atoms with Crippen LogP contribution < -0.4 is 15.0 Å². The zero-order valence-electron chi connectivity index (χ0n) is 18.8. The number of halogens is 1. The first-order valence-corrected chi connectivity index (χ1v) is 11.8. The Labute approximate surface area is 217 Å². The molecule has 0 saturated carbocycles. The largest absolute Gasteiger partial charge is 0.457 e. The lowest BCUT2D eigenvalue weighted by Crippen LogP contribution is -2.54. The Morgan fingerprint density at radius 3 is 2.25 bits per heavy atom. The number of amides is 2. The molecule has 1 aliphatic rings. The second-order valence-electron chi connectivity index (χ2n) is 7.90. The second kappa shape index (κ2) is 10.2. The van der Waals surface area contributed by atoms with E-state index in [1.807, 2.05) is 60.7 Å². The molecule has 178 valence electrons. The number of hydrogen-bond acceptors (Lipinski definition) is 5. The van der Waals surface area contributed by atoms with E-state index in [-0.39, 0.29) is 10.7 Å². The van der Waals surface area contributed by atoms with E-state index in [0.717, 1.165) is 5.56 Å². The first-order chi connectivity index (χ1) is 17.5. The Morgan fingerprint density at radius 1 is 0.917 bits per heavy atom. The number of imidazole rings is 1. The number of thiocarbonyl (C=S) groups is 1. The highest BCUT2D eigenvalue weighted by Crippen LogP contribution is 2.28. The first-order valence-electron chi connectivity index (χ1n) is 11.0. The van der Waals surface area contributed by atoms with Gasteiger partial charge in [0.05, 0.1) is 12.0 Å². The highest BCUT2D eigenvalue weighted by atomic mass is 35.5. The topological polar surface area (TPSA) is 76.5 Å². The summed E-state index contributed by atoms with van der Waals surface area (Å²) in [5, 5.41) is 2.87. The summed E-state index contributed by atoms with van der Waals surface area (Å²) in [6, 6.07) is 25.9. The Kier molecular flexibility index (Phi) is 6.62. The van der Waals surface area contributed by atoms with E-state index in [4.69, 9.17) is 28.6 Å². The predicted molar refractivity (Wildman–Crippen MR) is 142 cm³/mol. The van der Waals surface area contributed by atoms with Gasteiger partial charge in [0.2, 0.25) is 0 Å². The van der Waals surface area contributed by atoms with Crippen LogP contribution in [0.5, 0.6) is 11.5 Å². The zero-order chi connectivity index (χ0) is 25.1. The van der Waals surface area contributed by atoms with Crippen molar-refractivity contribution in [3.05, 3.63) is 113 Å². The molecular weight excluding hydrogens is 496 g/mol. The minimum absolute atomic E-state index is 0.0143. The molecule has 0 spiro atoms. The summed E-state index contributed by atoms with van der Waals surface area (Å²) in [5.41, 5.74) is 1.71. The summed E-state index contributed by atoms with van der Waals surface area (Å²) in [4.78, 5) is 31.5. The van der Waals surface area contributed by atoms with Crippen molar-refractivity contribution in [2.45, 2.75) is 6.54 Å². The standard InChI is InChI=1S/C27H19ClN4O3S/c28-24-23(29-17-31(24)16-18-7-3-1-4-8-18)15-22-25(33)30-27(36)32(26(22)34)19-11-13-21(14-12-19)35-20-9-5-2-6-10-20/h1-15,17H,16H2,(H,30,33,36). The van der Waals surface area contributed by atoms with Crippen molar-refractivity contribution in [3.63, 3.8) is 0 Å². The Balaban J connectivity index is 1.38. The van der Waals surface area contributed by atoms with Gasteiger partial charge in [0, 0.05) is 6.54 Å². The Morgan fingerprint density at radius 2 is 1.56 bits per heavy atom.